The molecule has 0 saturated heterocycles. The number of hydrogen-bond acceptors (Lipinski definition) is 2. The molecule has 2 heteroatoms. The van der Waals surface area contributed by atoms with E-state index >= 15 is 0 Å². The van der Waals surface area contributed by atoms with Crippen LogP contribution in [0.5, 0.6) is 5.75 Å². The molecule has 0 amide bonds. The molecule has 18 heavy (non-hydrogen) atoms. The van der Waals surface area contributed by atoms with Crippen molar-refractivity contribution in [3.05, 3.63) is 42.0 Å². The summed E-state index contributed by atoms with van der Waals surface area (Å²) in [6, 6.07) is 12.3. The maximum absolute atomic E-state index is 6.39. The molecule has 0 aliphatic heterocycles. The first-order chi connectivity index (χ1) is 8.45. The van der Waals surface area contributed by atoms with Gasteiger partial charge in [-0.2, -0.15) is 0 Å². The van der Waals surface area contributed by atoms with Crippen molar-refractivity contribution >= 4 is 10.8 Å². The molecule has 0 radical (unpaired) electrons. The van der Waals surface area contributed by atoms with E-state index in [1.807, 2.05) is 18.2 Å². The van der Waals surface area contributed by atoms with Gasteiger partial charge in [0.1, 0.15) is 5.75 Å². The van der Waals surface area contributed by atoms with E-state index in [0.29, 0.717) is 0 Å². The Kier molecular flexibility index (Phi) is 3.31. The molecule has 0 aromatic heterocycles. The number of nitrogens with two attached hydrogens (primary N) is 1. The van der Waals surface area contributed by atoms with Crippen LogP contribution in [-0.4, -0.2) is 7.11 Å². The third-order valence-corrected chi connectivity index (χ3v) is 3.41. The maximum Gasteiger partial charge on any atom is 0.126 e. The summed E-state index contributed by atoms with van der Waals surface area (Å²) in [5.74, 6) is 0.899. The lowest BCUT2D eigenvalue weighted by Gasteiger charge is -2.28. The van der Waals surface area contributed by atoms with Gasteiger partial charge >= 0.3 is 0 Å². The summed E-state index contributed by atoms with van der Waals surface area (Å²) < 4.78 is 5.41. The number of hydrogen-bond donors (Lipinski definition) is 1. The number of methoxy groups -OCH3 is 1. The zero-order valence-corrected chi connectivity index (χ0v) is 11.5. The monoisotopic (exact) mass is 243 g/mol. The molecule has 2 nitrogen and oxygen atoms in total. The lowest BCUT2D eigenvalue weighted by Crippen LogP contribution is -2.26. The Bertz CT molecular complexity index is 555. The van der Waals surface area contributed by atoms with Gasteiger partial charge in [0.15, 0.2) is 0 Å². The summed E-state index contributed by atoms with van der Waals surface area (Å²) in [6.07, 6.45) is 0. The molecule has 0 unspecified atom stereocenters. The van der Waals surface area contributed by atoms with E-state index in [1.54, 1.807) is 7.11 Å². The Balaban J connectivity index is 2.67. The topological polar surface area (TPSA) is 35.2 Å². The highest BCUT2D eigenvalue weighted by atomic mass is 16.5. The fourth-order valence-corrected chi connectivity index (χ4v) is 2.21. The van der Waals surface area contributed by atoms with Gasteiger partial charge in [-0.3, -0.25) is 0 Å². The summed E-state index contributed by atoms with van der Waals surface area (Å²) in [5, 5.41) is 2.30. The Morgan fingerprint density at radius 2 is 1.61 bits per heavy atom. The van der Waals surface area contributed by atoms with E-state index in [4.69, 9.17) is 10.5 Å². The van der Waals surface area contributed by atoms with Crippen molar-refractivity contribution < 1.29 is 4.74 Å². The first-order valence-corrected chi connectivity index (χ1v) is 6.26. The van der Waals surface area contributed by atoms with Gasteiger partial charge < -0.3 is 10.5 Å². The Hall–Kier alpha value is -1.54. The predicted molar refractivity (Wildman–Crippen MR) is 76.9 cm³/mol. The van der Waals surface area contributed by atoms with E-state index < -0.39 is 0 Å². The van der Waals surface area contributed by atoms with Crippen LogP contribution in [0.4, 0.5) is 0 Å². The number of rotatable bonds is 2. The molecule has 0 spiro atoms. The second-order valence-electron chi connectivity index (χ2n) is 5.75. The summed E-state index contributed by atoms with van der Waals surface area (Å²) >= 11 is 0. The fourth-order valence-electron chi connectivity index (χ4n) is 2.21. The molecule has 0 saturated carbocycles. The quantitative estimate of drug-likeness (QED) is 0.868. The standard InChI is InChI=1S/C16H21NO/c1-16(2,3)15(17)13-9-10-14(18-4)12-8-6-5-7-11(12)13/h5-10,15H,17H2,1-4H3/t15-/m0/s1. The minimum Gasteiger partial charge on any atom is -0.496 e. The molecule has 1 atom stereocenters. The maximum atomic E-state index is 6.39. The van der Waals surface area contributed by atoms with Crippen molar-refractivity contribution in [2.75, 3.05) is 7.11 Å². The minimum absolute atomic E-state index is 0.00769. The zero-order chi connectivity index (χ0) is 13.3. The Morgan fingerprint density at radius 1 is 1.00 bits per heavy atom. The van der Waals surface area contributed by atoms with E-state index in [-0.39, 0.29) is 11.5 Å². The first kappa shape index (κ1) is 12.9. The second kappa shape index (κ2) is 4.62. The third kappa shape index (κ3) is 2.21. The van der Waals surface area contributed by atoms with E-state index in [9.17, 15) is 0 Å². The summed E-state index contributed by atoms with van der Waals surface area (Å²) in [6.45, 7) is 6.49. The third-order valence-electron chi connectivity index (χ3n) is 3.41. The van der Waals surface area contributed by atoms with Crippen LogP contribution in [0, 0.1) is 5.41 Å². The van der Waals surface area contributed by atoms with Crippen LogP contribution >= 0.6 is 0 Å². The van der Waals surface area contributed by atoms with Gasteiger partial charge in [0, 0.05) is 11.4 Å². The summed E-state index contributed by atoms with van der Waals surface area (Å²) in [5.41, 5.74) is 7.61. The van der Waals surface area contributed by atoms with E-state index in [2.05, 4.69) is 39.0 Å². The van der Waals surface area contributed by atoms with Crippen molar-refractivity contribution in [2.45, 2.75) is 26.8 Å². The zero-order valence-electron chi connectivity index (χ0n) is 11.5. The van der Waals surface area contributed by atoms with Gasteiger partial charge in [-0.1, -0.05) is 51.1 Å². The van der Waals surface area contributed by atoms with Gasteiger partial charge in [-0.25, -0.2) is 0 Å². The van der Waals surface area contributed by atoms with E-state index in [1.165, 1.54) is 10.9 Å². The molecule has 0 aliphatic carbocycles. The van der Waals surface area contributed by atoms with Crippen molar-refractivity contribution in [3.63, 3.8) is 0 Å². The lowest BCUT2D eigenvalue weighted by molar-refractivity contribution is 0.328. The molecular weight excluding hydrogens is 222 g/mol. The average molecular weight is 243 g/mol. The van der Waals surface area contributed by atoms with Crippen LogP contribution in [0.1, 0.15) is 32.4 Å². The Morgan fingerprint density at radius 3 is 2.17 bits per heavy atom. The van der Waals surface area contributed by atoms with Crippen LogP contribution in [0.3, 0.4) is 0 Å². The molecule has 2 aromatic carbocycles. The van der Waals surface area contributed by atoms with Crippen LogP contribution in [0.2, 0.25) is 0 Å². The highest BCUT2D eigenvalue weighted by Gasteiger charge is 2.24. The lowest BCUT2D eigenvalue weighted by atomic mass is 9.81. The fraction of sp³-hybridized carbons (Fsp3) is 0.375. The van der Waals surface area contributed by atoms with Crippen LogP contribution in [0.15, 0.2) is 36.4 Å². The normalized spacial score (nSPS) is 13.6. The molecule has 96 valence electrons. The van der Waals surface area contributed by atoms with Gasteiger partial charge in [-0.15, -0.1) is 0 Å². The molecular formula is C16H21NO. The van der Waals surface area contributed by atoms with Crippen LogP contribution in [-0.2, 0) is 0 Å². The minimum atomic E-state index is 0.00769. The second-order valence-corrected chi connectivity index (χ2v) is 5.75. The Labute approximate surface area is 109 Å². The number of benzene rings is 2. The van der Waals surface area contributed by atoms with Gasteiger partial charge in [0.05, 0.1) is 7.11 Å². The summed E-state index contributed by atoms with van der Waals surface area (Å²) in [7, 11) is 1.70. The molecule has 2 N–H and O–H groups in total. The van der Waals surface area contributed by atoms with Crippen molar-refractivity contribution in [3.8, 4) is 5.75 Å². The van der Waals surface area contributed by atoms with Crippen LogP contribution in [0.25, 0.3) is 10.8 Å². The smallest absolute Gasteiger partial charge is 0.126 e. The predicted octanol–water partition coefficient (Wildman–Crippen LogP) is 3.89. The van der Waals surface area contributed by atoms with Gasteiger partial charge in [-0.05, 0) is 22.4 Å². The first-order valence-electron chi connectivity index (χ1n) is 6.26. The molecule has 2 aromatic rings. The van der Waals surface area contributed by atoms with Crippen LogP contribution < -0.4 is 10.5 Å². The number of fused-ring (bicyclic) bond motifs is 1. The number of ether oxygens (including phenoxy) is 1. The molecule has 0 fully saturated rings. The van der Waals surface area contributed by atoms with E-state index in [0.717, 1.165) is 11.1 Å². The summed E-state index contributed by atoms with van der Waals surface area (Å²) in [4.78, 5) is 0. The highest BCUT2D eigenvalue weighted by molar-refractivity contribution is 5.91. The largest absolute Gasteiger partial charge is 0.496 e. The highest BCUT2D eigenvalue weighted by Crippen LogP contribution is 2.37. The van der Waals surface area contributed by atoms with Crippen molar-refractivity contribution in [1.29, 1.82) is 0 Å². The molecule has 2 rings (SSSR count). The van der Waals surface area contributed by atoms with Crippen molar-refractivity contribution in [1.82, 2.24) is 0 Å². The van der Waals surface area contributed by atoms with Gasteiger partial charge in [0.2, 0.25) is 0 Å². The van der Waals surface area contributed by atoms with Crippen molar-refractivity contribution in [2.24, 2.45) is 11.1 Å². The molecule has 0 heterocycles. The molecule has 0 bridgehead atoms. The SMILES string of the molecule is COc1ccc([C@H](N)C(C)(C)C)c2ccccc12. The molecule has 0 aliphatic rings. The van der Waals surface area contributed by atoms with Gasteiger partial charge in [0.25, 0.3) is 0 Å². The average Bonchev–Trinajstić information content (AvgIpc) is 2.35.